The smallest absolute Gasteiger partial charge is 0.130 e. The molecule has 7 aromatic rings. The molecule has 10 heteroatoms. The summed E-state index contributed by atoms with van der Waals surface area (Å²) in [5, 5.41) is 70.6. The van der Waals surface area contributed by atoms with Crippen molar-refractivity contribution < 1.29 is 20.4 Å². The minimum atomic E-state index is -0.530. The van der Waals surface area contributed by atoms with Crippen molar-refractivity contribution >= 4 is 45.9 Å². The molecule has 0 atom stereocenters. The van der Waals surface area contributed by atoms with E-state index < -0.39 is 43.3 Å². The Morgan fingerprint density at radius 3 is 0.833 bits per heavy atom. The first-order chi connectivity index (χ1) is 41.2. The number of nitrogens with one attached hydrogen (secondary N) is 2. The zero-order valence-electron chi connectivity index (χ0n) is 57.8. The van der Waals surface area contributed by atoms with Gasteiger partial charge < -0.3 is 30.4 Å². The van der Waals surface area contributed by atoms with Gasteiger partial charge in [0.2, 0.25) is 0 Å². The molecule has 3 aromatic heterocycles. The summed E-state index contributed by atoms with van der Waals surface area (Å²) in [5.41, 5.74) is 13.7. The lowest BCUT2D eigenvalue weighted by molar-refractivity contribution is 0.422. The van der Waals surface area contributed by atoms with Crippen molar-refractivity contribution in [3.05, 3.63) is 152 Å². The average Bonchev–Trinajstić information content (AvgIpc) is 1.45. The van der Waals surface area contributed by atoms with Gasteiger partial charge in [-0.3, -0.25) is 0 Å². The van der Waals surface area contributed by atoms with Crippen LogP contribution in [0.25, 0.3) is 90.4 Å². The number of H-pyrrole nitrogens is 2. The van der Waals surface area contributed by atoms with Crippen LogP contribution in [0.5, 0.6) is 23.0 Å². The summed E-state index contributed by atoms with van der Waals surface area (Å²) in [6.45, 7) is 50.5. The number of phenols is 4. The molecule has 8 bridgehead atoms. The van der Waals surface area contributed by atoms with Crippen LogP contribution in [-0.4, -0.2) is 40.4 Å². The Morgan fingerprint density at radius 1 is 0.356 bits per heavy atom. The fourth-order valence-corrected chi connectivity index (χ4v) is 12.6. The van der Waals surface area contributed by atoms with E-state index in [1.165, 1.54) is 0 Å². The molecule has 90 heavy (non-hydrogen) atoms. The zero-order chi connectivity index (χ0) is 66.9. The summed E-state index contributed by atoms with van der Waals surface area (Å²) in [6.07, 6.45) is 7.69. The van der Waals surface area contributed by atoms with Crippen LogP contribution in [0.3, 0.4) is 0 Å². The predicted molar refractivity (Wildman–Crippen MR) is 375 cm³/mol. The van der Waals surface area contributed by atoms with Crippen LogP contribution in [0.4, 0.5) is 0 Å². The first-order valence-electron chi connectivity index (χ1n) is 31.5. The molecule has 2 aliphatic rings. The normalized spacial score (nSPS) is 13.5. The van der Waals surface area contributed by atoms with Gasteiger partial charge in [0.25, 0.3) is 0 Å². The highest BCUT2D eigenvalue weighted by atomic mass is 16.3. The van der Waals surface area contributed by atoms with Crippen molar-refractivity contribution in [2.24, 2.45) is 0 Å². The molecule has 0 aliphatic carbocycles. The van der Waals surface area contributed by atoms with Gasteiger partial charge in [-0.2, -0.15) is 10.5 Å². The van der Waals surface area contributed by atoms with E-state index in [-0.39, 0.29) is 28.6 Å². The van der Waals surface area contributed by atoms with Crippen molar-refractivity contribution in [1.82, 2.24) is 19.9 Å². The van der Waals surface area contributed by atoms with Gasteiger partial charge in [-0.05, 0) is 163 Å². The van der Waals surface area contributed by atoms with E-state index in [0.29, 0.717) is 56.0 Å². The standard InChI is InChI=1S/C80H94N6O4/c1-73(2,3)49-32-44(33-50(69(49)87)74(4,5)6)64-57-25-26-58(83-57)65(45-34-51(75(7,8)9)70(88)52(35-45)76(10,11)12)60-29-30-62(85-60)67(47-38-55(79(19,20)21)72(90)56(39-47)80(22,23)24)68-48(31-43(41-81)42-82)40-63(86-68)66(61-28-27-59(64)84-61)46-36-53(77(13,14)15)71(89)54(37-46)78(16,17)18/h25-40,84-85,87-90H,1-24H3. The number of aromatic nitrogens is 4. The van der Waals surface area contributed by atoms with Gasteiger partial charge in [0.1, 0.15) is 40.7 Å². The molecule has 2 aliphatic heterocycles. The number of allylic oxidation sites excluding steroid dienone is 3. The van der Waals surface area contributed by atoms with Gasteiger partial charge in [-0.25, -0.2) is 9.97 Å². The highest BCUT2D eigenvalue weighted by Gasteiger charge is 2.34. The molecule has 0 saturated carbocycles. The highest BCUT2D eigenvalue weighted by molar-refractivity contribution is 6.05. The maximum atomic E-state index is 12.4. The van der Waals surface area contributed by atoms with E-state index in [0.717, 1.165) is 83.4 Å². The second kappa shape index (κ2) is 22.1. The largest absolute Gasteiger partial charge is 0.507 e. The lowest BCUT2D eigenvalue weighted by atomic mass is 9.77. The first-order valence-corrected chi connectivity index (χ1v) is 31.5. The molecule has 0 radical (unpaired) electrons. The van der Waals surface area contributed by atoms with Crippen LogP contribution < -0.4 is 0 Å². The Balaban J connectivity index is 1.67. The number of nitriles is 2. The molecule has 0 fully saturated rings. The van der Waals surface area contributed by atoms with Crippen molar-refractivity contribution in [2.45, 2.75) is 209 Å². The molecule has 9 rings (SSSR count). The second-order valence-electron chi connectivity index (χ2n) is 33.2. The highest BCUT2D eigenvalue weighted by Crippen LogP contribution is 2.51. The van der Waals surface area contributed by atoms with Crippen molar-refractivity contribution in [3.8, 4) is 79.6 Å². The topological polar surface area (TPSA) is 186 Å². The van der Waals surface area contributed by atoms with Gasteiger partial charge in [0.15, 0.2) is 0 Å². The third-order valence-electron chi connectivity index (χ3n) is 17.5. The molecule has 5 heterocycles. The zero-order valence-corrected chi connectivity index (χ0v) is 57.8. The van der Waals surface area contributed by atoms with Gasteiger partial charge in [0, 0.05) is 94.4 Å². The molecule has 468 valence electrons. The van der Waals surface area contributed by atoms with Gasteiger partial charge >= 0.3 is 0 Å². The third kappa shape index (κ3) is 12.4. The van der Waals surface area contributed by atoms with Crippen molar-refractivity contribution in [3.63, 3.8) is 0 Å². The maximum Gasteiger partial charge on any atom is 0.130 e. The van der Waals surface area contributed by atoms with E-state index in [1.807, 2.05) is 24.3 Å². The van der Waals surface area contributed by atoms with Gasteiger partial charge in [-0.1, -0.05) is 166 Å². The Kier molecular flexibility index (Phi) is 16.2. The second-order valence-corrected chi connectivity index (χ2v) is 33.2. The summed E-state index contributed by atoms with van der Waals surface area (Å²) < 4.78 is 0. The summed E-state index contributed by atoms with van der Waals surface area (Å²) in [7, 11) is 0. The monoisotopic (exact) mass is 1200 g/mol. The van der Waals surface area contributed by atoms with Crippen LogP contribution >= 0.6 is 0 Å². The third-order valence-corrected chi connectivity index (χ3v) is 17.5. The van der Waals surface area contributed by atoms with Crippen LogP contribution in [0.1, 0.15) is 233 Å². The predicted octanol–water partition coefficient (Wildman–Crippen LogP) is 20.9. The maximum absolute atomic E-state index is 12.4. The SMILES string of the molecule is CC(C)(C)c1cc(-c2c3nc(c(-c4cc(C(C)(C)C)c(O)c(C(C)(C)C)c4)c4ccc([nH]4)c(-c4cc(C(C)(C)C)c(O)c(C(C)(C)C)c4)c4nc(c(-c5cc(C(C)(C)C)c(O)c(C(C)(C)C)c5)c5ccc2[nH]5)C=C4C=C(C#N)C#N)C=C3)cc(C(C)(C)C)c1O. The number of rotatable bonds is 5. The average molecular weight is 1200 g/mol. The minimum Gasteiger partial charge on any atom is -0.507 e. The van der Waals surface area contributed by atoms with E-state index in [9.17, 15) is 30.9 Å². The molecule has 0 spiro atoms. The molecule has 6 N–H and O–H groups in total. The number of fused-ring (bicyclic) bond motifs is 8. The molecule has 0 unspecified atom stereocenters. The van der Waals surface area contributed by atoms with E-state index in [1.54, 1.807) is 6.08 Å². The fraction of sp³-hybridized carbons (Fsp3) is 0.400. The van der Waals surface area contributed by atoms with Crippen LogP contribution in [0, 0.1) is 22.7 Å². The Bertz CT molecular complexity index is 4320. The summed E-state index contributed by atoms with van der Waals surface area (Å²) >= 11 is 0. The van der Waals surface area contributed by atoms with Crippen molar-refractivity contribution in [2.75, 3.05) is 0 Å². The van der Waals surface area contributed by atoms with Crippen LogP contribution in [-0.2, 0) is 43.3 Å². The Labute approximate surface area is 534 Å². The summed E-state index contributed by atoms with van der Waals surface area (Å²) in [5.74, 6) is 0.934. The number of nitrogens with zero attached hydrogens (tertiary/aromatic N) is 4. The van der Waals surface area contributed by atoms with Crippen LogP contribution in [0.15, 0.2) is 84.4 Å². The summed E-state index contributed by atoms with van der Waals surface area (Å²) in [6, 6.07) is 29.1. The number of benzene rings is 4. The first kappa shape index (κ1) is 65.8. The number of aromatic amines is 2. The molecule has 0 amide bonds. The number of hydrogen-bond donors (Lipinski definition) is 6. The van der Waals surface area contributed by atoms with E-state index in [2.05, 4.69) is 255 Å². The molecule has 4 aromatic carbocycles. The molecule has 0 saturated heterocycles. The summed E-state index contributed by atoms with van der Waals surface area (Å²) in [4.78, 5) is 19.5. The lowest BCUT2D eigenvalue weighted by Crippen LogP contribution is -2.17. The van der Waals surface area contributed by atoms with E-state index in [4.69, 9.17) is 9.97 Å². The lowest BCUT2D eigenvalue weighted by Gasteiger charge is -2.28. The number of aromatic hydroxyl groups is 4. The fourth-order valence-electron chi connectivity index (χ4n) is 12.6. The number of phenolic OH excluding ortho intramolecular Hbond substituents is 4. The minimum absolute atomic E-state index is 0.120. The Hall–Kier alpha value is -8.60. The van der Waals surface area contributed by atoms with Gasteiger partial charge in [-0.15, -0.1) is 0 Å². The molecular formula is C80H94N6O4. The Morgan fingerprint density at radius 2 is 0.589 bits per heavy atom. The number of hydrogen-bond acceptors (Lipinski definition) is 8. The van der Waals surface area contributed by atoms with Crippen LogP contribution in [0.2, 0.25) is 0 Å². The van der Waals surface area contributed by atoms with Crippen molar-refractivity contribution in [1.29, 1.82) is 10.5 Å². The molecule has 10 nitrogen and oxygen atoms in total. The molecular weight excluding hydrogens is 1110 g/mol. The quantitative estimate of drug-likeness (QED) is 0.0919. The van der Waals surface area contributed by atoms with E-state index >= 15 is 0 Å². The van der Waals surface area contributed by atoms with Gasteiger partial charge in [0.05, 0.1) is 22.8 Å².